The molecule has 1 aliphatic carbocycles. The van der Waals surface area contributed by atoms with E-state index >= 15 is 0 Å². The molecule has 23 heavy (non-hydrogen) atoms. The number of rotatable bonds is 4. The molecule has 4 amide bonds. The summed E-state index contributed by atoms with van der Waals surface area (Å²) in [5, 5.41) is 5.59. The van der Waals surface area contributed by atoms with Crippen molar-refractivity contribution < 1.29 is 14.4 Å². The van der Waals surface area contributed by atoms with Crippen LogP contribution < -0.4 is 10.6 Å². The SMILES string of the molecule is Cc1ccc(NC(=O)CCN2C(=O)NC3(CCCC3)C2=O)cc1. The molecule has 122 valence electrons. The molecule has 2 N–H and O–H groups in total. The maximum atomic E-state index is 12.5. The van der Waals surface area contributed by atoms with Crippen molar-refractivity contribution in [1.82, 2.24) is 10.2 Å². The van der Waals surface area contributed by atoms with Crippen molar-refractivity contribution in [3.63, 3.8) is 0 Å². The number of aryl methyl sites for hydroxylation is 1. The van der Waals surface area contributed by atoms with Crippen LogP contribution in [0.4, 0.5) is 10.5 Å². The molecule has 3 rings (SSSR count). The monoisotopic (exact) mass is 315 g/mol. The average molecular weight is 315 g/mol. The Morgan fingerprint density at radius 2 is 1.87 bits per heavy atom. The number of anilines is 1. The molecule has 0 bridgehead atoms. The topological polar surface area (TPSA) is 78.5 Å². The van der Waals surface area contributed by atoms with Crippen molar-refractivity contribution in [3.8, 4) is 0 Å². The number of nitrogens with one attached hydrogen (secondary N) is 2. The minimum absolute atomic E-state index is 0.100. The molecule has 1 aliphatic heterocycles. The van der Waals surface area contributed by atoms with Crippen LogP contribution in [0.1, 0.15) is 37.7 Å². The second kappa shape index (κ2) is 6.02. The van der Waals surface area contributed by atoms with Gasteiger partial charge in [0.15, 0.2) is 0 Å². The lowest BCUT2D eigenvalue weighted by molar-refractivity contribution is -0.131. The molecule has 2 aliphatic rings. The first-order valence-corrected chi connectivity index (χ1v) is 8.01. The van der Waals surface area contributed by atoms with Crippen molar-refractivity contribution in [3.05, 3.63) is 29.8 Å². The molecule has 1 spiro atoms. The van der Waals surface area contributed by atoms with Gasteiger partial charge in [0.25, 0.3) is 5.91 Å². The smallest absolute Gasteiger partial charge is 0.325 e. The zero-order valence-corrected chi connectivity index (χ0v) is 13.2. The number of nitrogens with zero attached hydrogens (tertiary/aromatic N) is 1. The zero-order valence-electron chi connectivity index (χ0n) is 13.2. The van der Waals surface area contributed by atoms with Crippen LogP contribution in [-0.2, 0) is 9.59 Å². The summed E-state index contributed by atoms with van der Waals surface area (Å²) in [7, 11) is 0. The van der Waals surface area contributed by atoms with Gasteiger partial charge in [-0.3, -0.25) is 14.5 Å². The number of benzene rings is 1. The van der Waals surface area contributed by atoms with Crippen LogP contribution in [0.15, 0.2) is 24.3 Å². The fraction of sp³-hybridized carbons (Fsp3) is 0.471. The summed E-state index contributed by atoms with van der Waals surface area (Å²) in [4.78, 5) is 37.7. The Morgan fingerprint density at radius 3 is 2.52 bits per heavy atom. The predicted molar refractivity (Wildman–Crippen MR) is 85.9 cm³/mol. The van der Waals surface area contributed by atoms with Gasteiger partial charge in [-0.1, -0.05) is 30.5 Å². The van der Waals surface area contributed by atoms with Gasteiger partial charge in [0.05, 0.1) is 0 Å². The minimum Gasteiger partial charge on any atom is -0.326 e. The van der Waals surface area contributed by atoms with E-state index in [9.17, 15) is 14.4 Å². The van der Waals surface area contributed by atoms with E-state index in [1.165, 1.54) is 4.90 Å². The highest BCUT2D eigenvalue weighted by atomic mass is 16.2. The molecule has 0 unspecified atom stereocenters. The first kappa shape index (κ1) is 15.5. The summed E-state index contributed by atoms with van der Waals surface area (Å²) in [5.74, 6) is -0.384. The van der Waals surface area contributed by atoms with Crippen LogP contribution in [0.2, 0.25) is 0 Å². The van der Waals surface area contributed by atoms with Crippen molar-refractivity contribution >= 4 is 23.5 Å². The van der Waals surface area contributed by atoms with E-state index in [4.69, 9.17) is 0 Å². The van der Waals surface area contributed by atoms with E-state index in [0.717, 1.165) is 18.4 Å². The van der Waals surface area contributed by atoms with Gasteiger partial charge in [0, 0.05) is 18.7 Å². The highest BCUT2D eigenvalue weighted by molar-refractivity contribution is 6.07. The van der Waals surface area contributed by atoms with Gasteiger partial charge in [-0.2, -0.15) is 0 Å². The first-order valence-electron chi connectivity index (χ1n) is 8.01. The second-order valence-corrected chi connectivity index (χ2v) is 6.34. The lowest BCUT2D eigenvalue weighted by atomic mass is 9.98. The van der Waals surface area contributed by atoms with Crippen LogP contribution in [0.5, 0.6) is 0 Å². The van der Waals surface area contributed by atoms with Crippen LogP contribution in [0.25, 0.3) is 0 Å². The molecule has 2 fully saturated rings. The third-order valence-corrected chi connectivity index (χ3v) is 4.60. The first-order chi connectivity index (χ1) is 11.0. The summed E-state index contributed by atoms with van der Waals surface area (Å²) in [5.41, 5.74) is 1.12. The summed E-state index contributed by atoms with van der Waals surface area (Å²) < 4.78 is 0. The molecule has 6 heteroatoms. The molecular formula is C17H21N3O3. The Bertz CT molecular complexity index is 633. The standard InChI is InChI=1S/C17H21N3O3/c1-12-4-6-13(7-5-12)18-14(21)8-11-20-15(22)17(19-16(20)23)9-2-3-10-17/h4-7H,2-3,8-11H2,1H3,(H,18,21)(H,19,23). The van der Waals surface area contributed by atoms with Crippen LogP contribution in [-0.4, -0.2) is 34.8 Å². The van der Waals surface area contributed by atoms with Gasteiger partial charge in [-0.05, 0) is 31.9 Å². The Morgan fingerprint density at radius 1 is 1.22 bits per heavy atom. The predicted octanol–water partition coefficient (Wildman–Crippen LogP) is 2.19. The lowest BCUT2D eigenvalue weighted by Gasteiger charge is -2.19. The van der Waals surface area contributed by atoms with Gasteiger partial charge in [0.2, 0.25) is 5.91 Å². The molecule has 1 saturated heterocycles. The third kappa shape index (κ3) is 3.06. The summed E-state index contributed by atoms with van der Waals surface area (Å²) >= 11 is 0. The molecule has 1 aromatic rings. The minimum atomic E-state index is -0.704. The molecule has 0 aromatic heterocycles. The maximum absolute atomic E-state index is 12.5. The van der Waals surface area contributed by atoms with Crippen LogP contribution in [0, 0.1) is 6.92 Å². The maximum Gasteiger partial charge on any atom is 0.325 e. The summed E-state index contributed by atoms with van der Waals surface area (Å²) in [6.07, 6.45) is 3.40. The molecule has 0 atom stereocenters. The second-order valence-electron chi connectivity index (χ2n) is 6.34. The number of imide groups is 1. The average Bonchev–Trinajstić information content (AvgIpc) is 3.07. The van der Waals surface area contributed by atoms with E-state index in [-0.39, 0.29) is 30.8 Å². The van der Waals surface area contributed by atoms with Gasteiger partial charge in [-0.25, -0.2) is 4.79 Å². The van der Waals surface area contributed by atoms with Gasteiger partial charge < -0.3 is 10.6 Å². The molecular weight excluding hydrogens is 294 g/mol. The van der Waals surface area contributed by atoms with Crippen LogP contribution >= 0.6 is 0 Å². The van der Waals surface area contributed by atoms with E-state index in [1.54, 1.807) is 0 Å². The fourth-order valence-electron chi connectivity index (χ4n) is 3.27. The normalized spacial score (nSPS) is 19.3. The molecule has 0 radical (unpaired) electrons. The van der Waals surface area contributed by atoms with E-state index in [2.05, 4.69) is 10.6 Å². The van der Waals surface area contributed by atoms with Gasteiger partial charge in [-0.15, -0.1) is 0 Å². The Labute approximate surface area is 135 Å². The van der Waals surface area contributed by atoms with Gasteiger partial charge >= 0.3 is 6.03 Å². The Hall–Kier alpha value is -2.37. The summed E-state index contributed by atoms with van der Waals surface area (Å²) in [6.45, 7) is 2.09. The number of hydrogen-bond acceptors (Lipinski definition) is 3. The number of carbonyl (C=O) groups is 3. The fourth-order valence-corrected chi connectivity index (χ4v) is 3.27. The summed E-state index contributed by atoms with van der Waals surface area (Å²) in [6, 6.07) is 7.11. The molecule has 1 saturated carbocycles. The van der Waals surface area contributed by atoms with E-state index in [0.29, 0.717) is 18.5 Å². The van der Waals surface area contributed by atoms with Crippen molar-refractivity contribution in [1.29, 1.82) is 0 Å². The Kier molecular flexibility index (Phi) is 4.07. The zero-order chi connectivity index (χ0) is 16.4. The number of hydrogen-bond donors (Lipinski definition) is 2. The lowest BCUT2D eigenvalue weighted by Crippen LogP contribution is -2.44. The van der Waals surface area contributed by atoms with E-state index < -0.39 is 5.54 Å². The van der Waals surface area contributed by atoms with Crippen LogP contribution in [0.3, 0.4) is 0 Å². The number of carbonyl (C=O) groups excluding carboxylic acids is 3. The highest BCUT2D eigenvalue weighted by Crippen LogP contribution is 2.35. The third-order valence-electron chi connectivity index (χ3n) is 4.60. The van der Waals surface area contributed by atoms with Crippen molar-refractivity contribution in [2.75, 3.05) is 11.9 Å². The largest absolute Gasteiger partial charge is 0.326 e. The van der Waals surface area contributed by atoms with E-state index in [1.807, 2.05) is 31.2 Å². The quantitative estimate of drug-likeness (QED) is 0.836. The molecule has 1 aromatic carbocycles. The highest BCUT2D eigenvalue weighted by Gasteiger charge is 2.52. The Balaban J connectivity index is 1.55. The van der Waals surface area contributed by atoms with Crippen molar-refractivity contribution in [2.24, 2.45) is 0 Å². The number of amides is 4. The molecule has 6 nitrogen and oxygen atoms in total. The van der Waals surface area contributed by atoms with Gasteiger partial charge in [0.1, 0.15) is 5.54 Å². The molecule has 1 heterocycles. The van der Waals surface area contributed by atoms with Crippen molar-refractivity contribution in [2.45, 2.75) is 44.6 Å². The number of urea groups is 1.